The van der Waals surface area contributed by atoms with Crippen molar-refractivity contribution in [2.45, 2.75) is 31.7 Å². The Morgan fingerprint density at radius 3 is 2.41 bits per heavy atom. The fourth-order valence-corrected chi connectivity index (χ4v) is 4.12. The molecule has 1 amide bonds. The third kappa shape index (κ3) is 4.52. The number of carbonyl (C=O) groups excluding carboxylic acids is 1. The molecular formula is C17H21NO2S2. The number of thiophene rings is 1. The number of amides is 1. The van der Waals surface area contributed by atoms with Crippen LogP contribution < -0.4 is 5.32 Å². The Bertz CT molecular complexity index is 630. The molecule has 1 aromatic carbocycles. The zero-order chi connectivity index (χ0) is 16.2. The van der Waals surface area contributed by atoms with E-state index in [0.717, 1.165) is 4.88 Å². The lowest BCUT2D eigenvalue weighted by atomic mass is 9.86. The molecule has 0 fully saturated rings. The van der Waals surface area contributed by atoms with E-state index in [-0.39, 0.29) is 23.1 Å². The molecule has 0 aliphatic carbocycles. The van der Waals surface area contributed by atoms with Gasteiger partial charge in [-0.15, -0.1) is 11.3 Å². The Morgan fingerprint density at radius 2 is 1.86 bits per heavy atom. The SMILES string of the molecule is CC(C)(C)[C@H](NC(=O)C[S@](=O)c1ccccc1)c1cccs1. The molecular weight excluding hydrogens is 314 g/mol. The Hall–Kier alpha value is -1.46. The van der Waals surface area contributed by atoms with E-state index in [1.807, 2.05) is 35.7 Å². The number of carbonyl (C=O) groups is 1. The molecule has 0 radical (unpaired) electrons. The molecule has 0 aliphatic heterocycles. The molecule has 0 saturated carbocycles. The molecule has 0 saturated heterocycles. The predicted molar refractivity (Wildman–Crippen MR) is 92.4 cm³/mol. The summed E-state index contributed by atoms with van der Waals surface area (Å²) in [6.45, 7) is 6.27. The Kier molecular flexibility index (Phi) is 5.53. The van der Waals surface area contributed by atoms with Gasteiger partial charge in [-0.1, -0.05) is 45.0 Å². The number of rotatable bonds is 5. The molecule has 0 unspecified atom stereocenters. The zero-order valence-electron chi connectivity index (χ0n) is 13.0. The maximum Gasteiger partial charge on any atom is 0.233 e. The summed E-state index contributed by atoms with van der Waals surface area (Å²) in [5.74, 6) is -0.197. The highest BCUT2D eigenvalue weighted by Crippen LogP contribution is 2.35. The van der Waals surface area contributed by atoms with Gasteiger partial charge in [0.25, 0.3) is 0 Å². The van der Waals surface area contributed by atoms with E-state index < -0.39 is 10.8 Å². The van der Waals surface area contributed by atoms with Gasteiger partial charge in [-0.25, -0.2) is 0 Å². The lowest BCUT2D eigenvalue weighted by molar-refractivity contribution is -0.120. The van der Waals surface area contributed by atoms with E-state index in [0.29, 0.717) is 4.90 Å². The first kappa shape index (κ1) is 16.9. The van der Waals surface area contributed by atoms with Gasteiger partial charge in [0.15, 0.2) is 0 Å². The first-order valence-electron chi connectivity index (χ1n) is 7.14. The summed E-state index contributed by atoms with van der Waals surface area (Å²) in [6.07, 6.45) is 0. The van der Waals surface area contributed by atoms with Gasteiger partial charge in [-0.2, -0.15) is 0 Å². The summed E-state index contributed by atoms with van der Waals surface area (Å²) in [5, 5.41) is 5.04. The van der Waals surface area contributed by atoms with E-state index in [1.54, 1.807) is 23.5 Å². The fourth-order valence-electron chi connectivity index (χ4n) is 2.15. The molecule has 3 nitrogen and oxygen atoms in total. The molecule has 1 heterocycles. The van der Waals surface area contributed by atoms with Crippen molar-refractivity contribution in [3.63, 3.8) is 0 Å². The largest absolute Gasteiger partial charge is 0.347 e. The number of hydrogen-bond acceptors (Lipinski definition) is 3. The Balaban J connectivity index is 2.05. The van der Waals surface area contributed by atoms with Crippen molar-refractivity contribution in [3.05, 3.63) is 52.7 Å². The van der Waals surface area contributed by atoms with Crippen molar-refractivity contribution in [3.8, 4) is 0 Å². The molecule has 2 atom stereocenters. The fraction of sp³-hybridized carbons (Fsp3) is 0.353. The normalized spacial score (nSPS) is 14.3. The maximum atomic E-state index is 12.3. The highest BCUT2D eigenvalue weighted by molar-refractivity contribution is 7.85. The van der Waals surface area contributed by atoms with E-state index in [9.17, 15) is 9.00 Å². The highest BCUT2D eigenvalue weighted by atomic mass is 32.2. The molecule has 1 aromatic heterocycles. The number of benzene rings is 1. The predicted octanol–water partition coefficient (Wildman–Crippen LogP) is 3.76. The van der Waals surface area contributed by atoms with Crippen LogP contribution in [0, 0.1) is 5.41 Å². The van der Waals surface area contributed by atoms with E-state index in [4.69, 9.17) is 0 Å². The van der Waals surface area contributed by atoms with Crippen LogP contribution in [0.3, 0.4) is 0 Å². The number of nitrogens with one attached hydrogen (secondary N) is 1. The van der Waals surface area contributed by atoms with Crippen LogP contribution in [-0.2, 0) is 15.6 Å². The van der Waals surface area contributed by atoms with Crippen LogP contribution in [0.4, 0.5) is 0 Å². The summed E-state index contributed by atoms with van der Waals surface area (Å²) in [7, 11) is -1.31. The lowest BCUT2D eigenvalue weighted by Gasteiger charge is -2.30. The van der Waals surface area contributed by atoms with Gasteiger partial charge in [0.1, 0.15) is 5.75 Å². The van der Waals surface area contributed by atoms with E-state index in [2.05, 4.69) is 26.1 Å². The molecule has 0 spiro atoms. The summed E-state index contributed by atoms with van der Waals surface area (Å²) in [6, 6.07) is 13.0. The third-order valence-electron chi connectivity index (χ3n) is 3.27. The Labute approximate surface area is 138 Å². The maximum absolute atomic E-state index is 12.3. The van der Waals surface area contributed by atoms with Gasteiger partial charge in [0.2, 0.25) is 5.91 Å². The molecule has 0 aliphatic rings. The minimum Gasteiger partial charge on any atom is -0.347 e. The van der Waals surface area contributed by atoms with Gasteiger partial charge in [-0.05, 0) is 29.0 Å². The van der Waals surface area contributed by atoms with Gasteiger partial charge >= 0.3 is 0 Å². The first-order valence-corrected chi connectivity index (χ1v) is 9.34. The van der Waals surface area contributed by atoms with Gasteiger partial charge in [0.05, 0.1) is 16.8 Å². The van der Waals surface area contributed by atoms with Crippen molar-refractivity contribution < 1.29 is 9.00 Å². The number of hydrogen-bond donors (Lipinski definition) is 1. The summed E-state index contributed by atoms with van der Waals surface area (Å²) in [4.78, 5) is 14.1. The third-order valence-corrected chi connectivity index (χ3v) is 5.53. The van der Waals surface area contributed by atoms with Crippen molar-refractivity contribution >= 4 is 28.0 Å². The smallest absolute Gasteiger partial charge is 0.233 e. The van der Waals surface area contributed by atoms with E-state index >= 15 is 0 Å². The first-order chi connectivity index (χ1) is 10.4. The van der Waals surface area contributed by atoms with Gasteiger partial charge < -0.3 is 5.32 Å². The van der Waals surface area contributed by atoms with Crippen molar-refractivity contribution in [2.24, 2.45) is 5.41 Å². The molecule has 1 N–H and O–H groups in total. The van der Waals surface area contributed by atoms with Gasteiger partial charge in [-0.3, -0.25) is 9.00 Å². The molecule has 118 valence electrons. The summed E-state index contributed by atoms with van der Waals surface area (Å²) in [5.41, 5.74) is -0.102. The topological polar surface area (TPSA) is 46.2 Å². The quantitative estimate of drug-likeness (QED) is 0.904. The molecule has 22 heavy (non-hydrogen) atoms. The summed E-state index contributed by atoms with van der Waals surface area (Å²) >= 11 is 1.62. The van der Waals surface area contributed by atoms with Crippen LogP contribution in [0.5, 0.6) is 0 Å². The van der Waals surface area contributed by atoms with Crippen LogP contribution in [-0.4, -0.2) is 15.9 Å². The monoisotopic (exact) mass is 335 g/mol. The van der Waals surface area contributed by atoms with Crippen LogP contribution >= 0.6 is 11.3 Å². The van der Waals surface area contributed by atoms with Crippen LogP contribution in [0.25, 0.3) is 0 Å². The average molecular weight is 335 g/mol. The minimum absolute atomic E-state index is 0.0119. The van der Waals surface area contributed by atoms with Crippen molar-refractivity contribution in [2.75, 3.05) is 5.75 Å². The lowest BCUT2D eigenvalue weighted by Crippen LogP contribution is -2.38. The second kappa shape index (κ2) is 7.20. The summed E-state index contributed by atoms with van der Waals surface area (Å²) < 4.78 is 12.2. The van der Waals surface area contributed by atoms with Crippen LogP contribution in [0.1, 0.15) is 31.7 Å². The molecule has 0 bridgehead atoms. The molecule has 2 aromatic rings. The van der Waals surface area contributed by atoms with Crippen molar-refractivity contribution in [1.82, 2.24) is 5.32 Å². The van der Waals surface area contributed by atoms with Crippen molar-refractivity contribution in [1.29, 1.82) is 0 Å². The van der Waals surface area contributed by atoms with Gasteiger partial charge in [0, 0.05) is 9.77 Å². The molecule has 5 heteroatoms. The van der Waals surface area contributed by atoms with E-state index in [1.165, 1.54) is 0 Å². The average Bonchev–Trinajstić information content (AvgIpc) is 2.98. The zero-order valence-corrected chi connectivity index (χ0v) is 14.7. The van der Waals surface area contributed by atoms with Crippen LogP contribution in [0.15, 0.2) is 52.7 Å². The Morgan fingerprint density at radius 1 is 1.18 bits per heavy atom. The second-order valence-electron chi connectivity index (χ2n) is 6.18. The highest BCUT2D eigenvalue weighted by Gasteiger charge is 2.29. The second-order valence-corrected chi connectivity index (χ2v) is 8.62. The molecule has 2 rings (SSSR count). The standard InChI is InChI=1S/C17H21NO2S2/c1-17(2,3)16(14-10-7-11-21-14)18-15(19)12-22(20)13-8-5-4-6-9-13/h4-11,16H,12H2,1-3H3,(H,18,19)/t16-,22+/m1/s1. The minimum atomic E-state index is -1.31. The van der Waals surface area contributed by atoms with Crippen LogP contribution in [0.2, 0.25) is 0 Å².